The van der Waals surface area contributed by atoms with Gasteiger partial charge < -0.3 is 11.1 Å². The van der Waals surface area contributed by atoms with Crippen LogP contribution in [0.3, 0.4) is 0 Å². The van der Waals surface area contributed by atoms with Crippen LogP contribution in [0.4, 0.5) is 5.69 Å². The van der Waals surface area contributed by atoms with E-state index in [1.165, 1.54) is 16.9 Å². The van der Waals surface area contributed by atoms with E-state index in [4.69, 9.17) is 5.73 Å². The molecular weight excluding hydrogens is 246 g/mol. The van der Waals surface area contributed by atoms with E-state index in [0.29, 0.717) is 11.4 Å². The van der Waals surface area contributed by atoms with Crippen molar-refractivity contribution in [2.24, 2.45) is 12.8 Å². The molecule has 0 unspecified atom stereocenters. The highest BCUT2D eigenvalue weighted by molar-refractivity contribution is 6.03. The maximum absolute atomic E-state index is 12.0. The third-order valence-corrected chi connectivity index (χ3v) is 2.51. The molecule has 0 aliphatic carbocycles. The van der Waals surface area contributed by atoms with E-state index < -0.39 is 5.91 Å². The molecule has 2 rings (SSSR count). The Bertz CT molecular complexity index is 630. The standard InChI is InChI=1S/C12H13N5O2/c1-7-5-10(17(2)16-7)12(19)15-8-3-4-9(11(13)18)14-6-8/h3-6H,1-2H3,(H2,13,18)(H,15,19). The molecular formula is C12H13N5O2. The van der Waals surface area contributed by atoms with Crippen LogP contribution >= 0.6 is 0 Å². The van der Waals surface area contributed by atoms with Gasteiger partial charge in [-0.2, -0.15) is 5.10 Å². The molecule has 3 N–H and O–H groups in total. The third-order valence-electron chi connectivity index (χ3n) is 2.51. The Hall–Kier alpha value is -2.70. The fourth-order valence-corrected chi connectivity index (χ4v) is 1.63. The van der Waals surface area contributed by atoms with Crippen LogP contribution in [0.1, 0.15) is 26.7 Å². The lowest BCUT2D eigenvalue weighted by atomic mass is 10.3. The second kappa shape index (κ2) is 4.89. The predicted molar refractivity (Wildman–Crippen MR) is 68.7 cm³/mol. The zero-order valence-electron chi connectivity index (χ0n) is 10.5. The summed E-state index contributed by atoms with van der Waals surface area (Å²) in [5, 5.41) is 6.75. The van der Waals surface area contributed by atoms with Crippen molar-refractivity contribution in [3.05, 3.63) is 41.5 Å². The Kier molecular flexibility index (Phi) is 3.28. The van der Waals surface area contributed by atoms with E-state index in [0.717, 1.165) is 5.69 Å². The number of hydrogen-bond acceptors (Lipinski definition) is 4. The molecule has 0 aliphatic rings. The van der Waals surface area contributed by atoms with Crippen molar-refractivity contribution in [2.75, 3.05) is 5.32 Å². The number of nitrogens with two attached hydrogens (primary N) is 1. The van der Waals surface area contributed by atoms with Crippen LogP contribution in [0.2, 0.25) is 0 Å². The molecule has 2 aromatic rings. The van der Waals surface area contributed by atoms with Gasteiger partial charge in [-0.3, -0.25) is 14.3 Å². The van der Waals surface area contributed by atoms with Gasteiger partial charge in [0.1, 0.15) is 11.4 Å². The third kappa shape index (κ3) is 2.76. The second-order valence-electron chi connectivity index (χ2n) is 4.05. The largest absolute Gasteiger partial charge is 0.364 e. The van der Waals surface area contributed by atoms with Crippen LogP contribution in [0, 0.1) is 6.92 Å². The molecule has 0 spiro atoms. The summed E-state index contributed by atoms with van der Waals surface area (Å²) in [5.74, 6) is -0.906. The minimum absolute atomic E-state index is 0.148. The highest BCUT2D eigenvalue weighted by Crippen LogP contribution is 2.09. The van der Waals surface area contributed by atoms with Gasteiger partial charge in [0.2, 0.25) is 0 Å². The maximum atomic E-state index is 12.0. The molecule has 0 radical (unpaired) electrons. The molecule has 0 aromatic carbocycles. The molecule has 7 nitrogen and oxygen atoms in total. The lowest BCUT2D eigenvalue weighted by Crippen LogP contribution is -2.17. The van der Waals surface area contributed by atoms with Crippen molar-refractivity contribution in [3.63, 3.8) is 0 Å². The second-order valence-corrected chi connectivity index (χ2v) is 4.05. The van der Waals surface area contributed by atoms with Crippen molar-refractivity contribution in [3.8, 4) is 0 Å². The van der Waals surface area contributed by atoms with Gasteiger partial charge in [-0.05, 0) is 25.1 Å². The van der Waals surface area contributed by atoms with Crippen molar-refractivity contribution in [1.29, 1.82) is 0 Å². The molecule has 2 aromatic heterocycles. The average molecular weight is 259 g/mol. The van der Waals surface area contributed by atoms with Crippen LogP contribution in [0.25, 0.3) is 0 Å². The first-order valence-corrected chi connectivity index (χ1v) is 5.55. The summed E-state index contributed by atoms with van der Waals surface area (Å²) in [6.45, 7) is 1.81. The monoisotopic (exact) mass is 259 g/mol. The molecule has 0 aliphatic heterocycles. The number of aromatic nitrogens is 3. The topological polar surface area (TPSA) is 103 Å². The van der Waals surface area contributed by atoms with Gasteiger partial charge >= 0.3 is 0 Å². The SMILES string of the molecule is Cc1cc(C(=O)Nc2ccc(C(N)=O)nc2)n(C)n1. The first kappa shape index (κ1) is 12.7. The summed E-state index contributed by atoms with van der Waals surface area (Å²) in [7, 11) is 1.69. The Labute approximate surface area is 109 Å². The molecule has 0 saturated heterocycles. The number of carbonyl (C=O) groups is 2. The first-order valence-electron chi connectivity index (χ1n) is 5.55. The van der Waals surface area contributed by atoms with Gasteiger partial charge in [-0.15, -0.1) is 0 Å². The number of anilines is 1. The van der Waals surface area contributed by atoms with Gasteiger partial charge in [-0.25, -0.2) is 4.98 Å². The number of hydrogen-bond donors (Lipinski definition) is 2. The summed E-state index contributed by atoms with van der Waals surface area (Å²) in [6, 6.07) is 4.70. The van der Waals surface area contributed by atoms with Crippen LogP contribution in [0.5, 0.6) is 0 Å². The number of nitrogens with one attached hydrogen (secondary N) is 1. The molecule has 2 amide bonds. The summed E-state index contributed by atoms with van der Waals surface area (Å²) < 4.78 is 1.50. The number of primary amides is 1. The quantitative estimate of drug-likeness (QED) is 0.836. The molecule has 0 fully saturated rings. The van der Waals surface area contributed by atoms with Crippen LogP contribution in [-0.2, 0) is 7.05 Å². The number of rotatable bonds is 3. The molecule has 19 heavy (non-hydrogen) atoms. The molecule has 7 heteroatoms. The number of amides is 2. The molecule has 0 saturated carbocycles. The Balaban J connectivity index is 2.15. The van der Waals surface area contributed by atoms with Gasteiger partial charge in [-0.1, -0.05) is 0 Å². The van der Waals surface area contributed by atoms with Gasteiger partial charge in [0.25, 0.3) is 11.8 Å². The molecule has 2 heterocycles. The zero-order chi connectivity index (χ0) is 14.0. The number of pyridine rings is 1. The normalized spacial score (nSPS) is 10.2. The maximum Gasteiger partial charge on any atom is 0.273 e. The highest BCUT2D eigenvalue weighted by Gasteiger charge is 2.12. The fourth-order valence-electron chi connectivity index (χ4n) is 1.63. The number of nitrogens with zero attached hydrogens (tertiary/aromatic N) is 3. The van der Waals surface area contributed by atoms with E-state index in [9.17, 15) is 9.59 Å². The average Bonchev–Trinajstić information content (AvgIpc) is 2.69. The van der Waals surface area contributed by atoms with Crippen molar-refractivity contribution < 1.29 is 9.59 Å². The lowest BCUT2D eigenvalue weighted by molar-refractivity contribution is 0.0993. The number of carbonyl (C=O) groups excluding carboxylic acids is 2. The Morgan fingerprint density at radius 3 is 2.58 bits per heavy atom. The van der Waals surface area contributed by atoms with Crippen molar-refractivity contribution in [2.45, 2.75) is 6.92 Å². The van der Waals surface area contributed by atoms with E-state index in [1.54, 1.807) is 26.1 Å². The molecule has 98 valence electrons. The van der Waals surface area contributed by atoms with Crippen LogP contribution in [-0.4, -0.2) is 26.6 Å². The van der Waals surface area contributed by atoms with E-state index in [2.05, 4.69) is 15.4 Å². The van der Waals surface area contributed by atoms with Gasteiger partial charge in [0.15, 0.2) is 0 Å². The lowest BCUT2D eigenvalue weighted by Gasteiger charge is -2.05. The summed E-state index contributed by atoms with van der Waals surface area (Å²) in [5.41, 5.74) is 6.91. The minimum Gasteiger partial charge on any atom is -0.364 e. The minimum atomic E-state index is -0.611. The highest BCUT2D eigenvalue weighted by atomic mass is 16.2. The van der Waals surface area contributed by atoms with E-state index in [-0.39, 0.29) is 11.6 Å². The number of aryl methyl sites for hydroxylation is 2. The molecule has 0 bridgehead atoms. The predicted octanol–water partition coefficient (Wildman–Crippen LogP) is 0.475. The summed E-state index contributed by atoms with van der Waals surface area (Å²) in [6.07, 6.45) is 1.38. The van der Waals surface area contributed by atoms with E-state index >= 15 is 0 Å². The molecule has 0 atom stereocenters. The smallest absolute Gasteiger partial charge is 0.273 e. The summed E-state index contributed by atoms with van der Waals surface area (Å²) >= 11 is 0. The van der Waals surface area contributed by atoms with Crippen molar-refractivity contribution in [1.82, 2.24) is 14.8 Å². The fraction of sp³-hybridized carbons (Fsp3) is 0.167. The first-order chi connectivity index (χ1) is 8.97. The van der Waals surface area contributed by atoms with Gasteiger partial charge in [0.05, 0.1) is 17.6 Å². The Morgan fingerprint density at radius 2 is 2.11 bits per heavy atom. The zero-order valence-corrected chi connectivity index (χ0v) is 10.5. The van der Waals surface area contributed by atoms with Gasteiger partial charge in [0, 0.05) is 7.05 Å². The summed E-state index contributed by atoms with van der Waals surface area (Å²) in [4.78, 5) is 26.7. The Morgan fingerprint density at radius 1 is 1.37 bits per heavy atom. The van der Waals surface area contributed by atoms with Crippen LogP contribution < -0.4 is 11.1 Å². The van der Waals surface area contributed by atoms with Crippen molar-refractivity contribution >= 4 is 17.5 Å². The van der Waals surface area contributed by atoms with E-state index in [1.807, 2.05) is 0 Å². The van der Waals surface area contributed by atoms with Crippen LogP contribution in [0.15, 0.2) is 24.4 Å².